The van der Waals surface area contributed by atoms with Gasteiger partial charge in [0.2, 0.25) is 5.91 Å². The molecule has 0 atom stereocenters. The average molecular weight is 394 g/mol. The lowest BCUT2D eigenvalue weighted by Crippen LogP contribution is -2.44. The predicted molar refractivity (Wildman–Crippen MR) is 114 cm³/mol. The van der Waals surface area contributed by atoms with E-state index in [1.165, 1.54) is 5.69 Å². The zero-order valence-electron chi connectivity index (χ0n) is 16.6. The number of nitrogens with zero attached hydrogens (tertiary/aromatic N) is 3. The zero-order chi connectivity index (χ0) is 20.2. The van der Waals surface area contributed by atoms with Crippen molar-refractivity contribution in [3.05, 3.63) is 48.5 Å². The van der Waals surface area contributed by atoms with Crippen LogP contribution < -0.4 is 19.9 Å². The van der Waals surface area contributed by atoms with E-state index in [-0.39, 0.29) is 24.8 Å². The lowest BCUT2D eigenvalue weighted by molar-refractivity contribution is -0.121. The molecule has 0 radical (unpaired) electrons. The monoisotopic (exact) mass is 394 g/mol. The number of nitrogens with one attached hydrogen (secondary N) is 1. The standard InChI is InChI=1S/C22H26N4O3/c1-24-12-14-25(15-13-24)18-8-6-17(7-9-18)23-21(27)10-11-26-19-4-2-3-5-20(19)29-16-22(26)28/h2-9H,10-16H2,1H3,(H,23,27). The SMILES string of the molecule is CN1CCN(c2ccc(NC(=O)CCN3C(=O)COc4ccccc43)cc2)CC1. The molecule has 7 heteroatoms. The van der Waals surface area contributed by atoms with Crippen molar-refractivity contribution in [2.24, 2.45) is 0 Å². The minimum Gasteiger partial charge on any atom is -0.482 e. The van der Waals surface area contributed by atoms with E-state index >= 15 is 0 Å². The molecule has 2 aliphatic rings. The third-order valence-corrected chi connectivity index (χ3v) is 5.39. The molecule has 0 aliphatic carbocycles. The van der Waals surface area contributed by atoms with Crippen LogP contribution in [0.3, 0.4) is 0 Å². The highest BCUT2D eigenvalue weighted by Gasteiger charge is 2.25. The third kappa shape index (κ3) is 4.51. The van der Waals surface area contributed by atoms with Crippen LogP contribution in [0.1, 0.15) is 6.42 Å². The quantitative estimate of drug-likeness (QED) is 0.842. The number of fused-ring (bicyclic) bond motifs is 1. The van der Waals surface area contributed by atoms with Crippen LogP contribution in [-0.2, 0) is 9.59 Å². The van der Waals surface area contributed by atoms with Gasteiger partial charge in [0.15, 0.2) is 6.61 Å². The molecule has 0 aromatic heterocycles. The van der Waals surface area contributed by atoms with Gasteiger partial charge in [0.05, 0.1) is 5.69 Å². The Hall–Kier alpha value is -3.06. The number of benzene rings is 2. The van der Waals surface area contributed by atoms with E-state index in [2.05, 4.69) is 22.2 Å². The first-order chi connectivity index (χ1) is 14.1. The molecular formula is C22H26N4O3. The summed E-state index contributed by atoms with van der Waals surface area (Å²) >= 11 is 0. The van der Waals surface area contributed by atoms with Crippen molar-refractivity contribution >= 4 is 28.9 Å². The van der Waals surface area contributed by atoms with Crippen LogP contribution in [0.2, 0.25) is 0 Å². The molecule has 0 bridgehead atoms. The second-order valence-electron chi connectivity index (χ2n) is 7.44. The Balaban J connectivity index is 1.32. The molecule has 1 fully saturated rings. The molecule has 2 aromatic rings. The molecule has 2 aromatic carbocycles. The van der Waals surface area contributed by atoms with E-state index < -0.39 is 0 Å². The molecule has 0 unspecified atom stereocenters. The van der Waals surface area contributed by atoms with E-state index in [1.54, 1.807) is 4.90 Å². The summed E-state index contributed by atoms with van der Waals surface area (Å²) in [5, 5.41) is 2.92. The molecule has 4 rings (SSSR count). The summed E-state index contributed by atoms with van der Waals surface area (Å²) in [6, 6.07) is 15.3. The molecule has 2 amide bonds. The molecule has 1 N–H and O–H groups in total. The van der Waals surface area contributed by atoms with Crippen molar-refractivity contribution in [2.45, 2.75) is 6.42 Å². The number of ether oxygens (including phenoxy) is 1. The topological polar surface area (TPSA) is 65.1 Å². The Morgan fingerprint density at radius 3 is 2.52 bits per heavy atom. The van der Waals surface area contributed by atoms with Crippen molar-refractivity contribution in [3.8, 4) is 5.75 Å². The second kappa shape index (κ2) is 8.53. The Kier molecular flexibility index (Phi) is 5.67. The number of likely N-dealkylation sites (N-methyl/N-ethyl adjacent to an activating group) is 1. The molecule has 2 aliphatic heterocycles. The van der Waals surface area contributed by atoms with Crippen LogP contribution in [0.5, 0.6) is 5.75 Å². The van der Waals surface area contributed by atoms with Crippen molar-refractivity contribution in [2.75, 3.05) is 61.5 Å². The second-order valence-corrected chi connectivity index (χ2v) is 7.44. The molecule has 1 saturated heterocycles. The van der Waals surface area contributed by atoms with Crippen molar-refractivity contribution in [1.82, 2.24) is 4.90 Å². The fourth-order valence-corrected chi connectivity index (χ4v) is 3.66. The van der Waals surface area contributed by atoms with Crippen LogP contribution >= 0.6 is 0 Å². The zero-order valence-corrected chi connectivity index (χ0v) is 16.6. The van der Waals surface area contributed by atoms with E-state index in [0.29, 0.717) is 18.0 Å². The number of carbonyl (C=O) groups excluding carboxylic acids is 2. The van der Waals surface area contributed by atoms with E-state index in [0.717, 1.165) is 31.9 Å². The van der Waals surface area contributed by atoms with E-state index in [1.807, 2.05) is 48.5 Å². The highest BCUT2D eigenvalue weighted by molar-refractivity contribution is 5.99. The lowest BCUT2D eigenvalue weighted by Gasteiger charge is -2.34. The highest BCUT2D eigenvalue weighted by Crippen LogP contribution is 2.31. The number of hydrogen-bond donors (Lipinski definition) is 1. The Morgan fingerprint density at radius 2 is 1.76 bits per heavy atom. The fraction of sp³-hybridized carbons (Fsp3) is 0.364. The van der Waals surface area contributed by atoms with Gasteiger partial charge in [-0.05, 0) is 43.4 Å². The van der Waals surface area contributed by atoms with Gasteiger partial charge >= 0.3 is 0 Å². The van der Waals surface area contributed by atoms with Gasteiger partial charge in [-0.2, -0.15) is 0 Å². The normalized spacial score (nSPS) is 16.9. The van der Waals surface area contributed by atoms with Gasteiger partial charge in [-0.1, -0.05) is 12.1 Å². The van der Waals surface area contributed by atoms with Gasteiger partial charge in [-0.15, -0.1) is 0 Å². The van der Waals surface area contributed by atoms with Crippen molar-refractivity contribution in [3.63, 3.8) is 0 Å². The molecule has 29 heavy (non-hydrogen) atoms. The molecule has 152 valence electrons. The minimum atomic E-state index is -0.131. The average Bonchev–Trinajstić information content (AvgIpc) is 2.74. The first kappa shape index (κ1) is 19.3. The third-order valence-electron chi connectivity index (χ3n) is 5.39. The number of rotatable bonds is 5. The summed E-state index contributed by atoms with van der Waals surface area (Å²) in [6.45, 7) is 4.47. The molecule has 0 saturated carbocycles. The Bertz CT molecular complexity index is 876. The van der Waals surface area contributed by atoms with Gasteiger partial charge in [0.25, 0.3) is 5.91 Å². The molecular weight excluding hydrogens is 368 g/mol. The van der Waals surface area contributed by atoms with Gasteiger partial charge < -0.3 is 24.8 Å². The maximum absolute atomic E-state index is 12.4. The summed E-state index contributed by atoms with van der Waals surface area (Å²) in [7, 11) is 2.14. The number of carbonyl (C=O) groups is 2. The first-order valence-electron chi connectivity index (χ1n) is 9.96. The van der Waals surface area contributed by atoms with Gasteiger partial charge in [0.1, 0.15) is 5.75 Å². The largest absolute Gasteiger partial charge is 0.482 e. The van der Waals surface area contributed by atoms with Crippen LogP contribution in [0, 0.1) is 0 Å². The van der Waals surface area contributed by atoms with Gasteiger partial charge in [0, 0.05) is 50.5 Å². The van der Waals surface area contributed by atoms with Crippen molar-refractivity contribution in [1.29, 1.82) is 0 Å². The molecule has 7 nitrogen and oxygen atoms in total. The number of para-hydroxylation sites is 2. The predicted octanol–water partition coefficient (Wildman–Crippen LogP) is 2.19. The van der Waals surface area contributed by atoms with Crippen LogP contribution in [0.15, 0.2) is 48.5 Å². The highest BCUT2D eigenvalue weighted by atomic mass is 16.5. The van der Waals surface area contributed by atoms with E-state index in [4.69, 9.17) is 4.74 Å². The fourth-order valence-electron chi connectivity index (χ4n) is 3.66. The number of piperazine rings is 1. The summed E-state index contributed by atoms with van der Waals surface area (Å²) in [6.07, 6.45) is 0.223. The van der Waals surface area contributed by atoms with Crippen LogP contribution in [0.25, 0.3) is 0 Å². The van der Waals surface area contributed by atoms with Gasteiger partial charge in [-0.25, -0.2) is 0 Å². The van der Waals surface area contributed by atoms with Crippen LogP contribution in [-0.4, -0.2) is 63.1 Å². The smallest absolute Gasteiger partial charge is 0.265 e. The summed E-state index contributed by atoms with van der Waals surface area (Å²) in [4.78, 5) is 30.9. The summed E-state index contributed by atoms with van der Waals surface area (Å²) in [5.41, 5.74) is 2.65. The van der Waals surface area contributed by atoms with Gasteiger partial charge in [-0.3, -0.25) is 9.59 Å². The molecule has 2 heterocycles. The minimum absolute atomic E-state index is 0.00634. The summed E-state index contributed by atoms with van der Waals surface area (Å²) < 4.78 is 5.44. The maximum Gasteiger partial charge on any atom is 0.265 e. The maximum atomic E-state index is 12.4. The van der Waals surface area contributed by atoms with E-state index in [9.17, 15) is 9.59 Å². The number of anilines is 3. The lowest BCUT2D eigenvalue weighted by atomic mass is 10.2. The Labute approximate surface area is 170 Å². The number of amides is 2. The van der Waals surface area contributed by atoms with Crippen molar-refractivity contribution < 1.29 is 14.3 Å². The summed E-state index contributed by atoms with van der Waals surface area (Å²) in [5.74, 6) is 0.425. The first-order valence-corrected chi connectivity index (χ1v) is 9.96. The number of hydrogen-bond acceptors (Lipinski definition) is 5. The molecule has 0 spiro atoms. The Morgan fingerprint density at radius 1 is 1.03 bits per heavy atom. The van der Waals surface area contributed by atoms with Crippen LogP contribution in [0.4, 0.5) is 17.1 Å².